The van der Waals surface area contributed by atoms with Crippen molar-refractivity contribution in [1.29, 1.82) is 0 Å². The lowest BCUT2D eigenvalue weighted by Crippen LogP contribution is -2.38. The minimum absolute atomic E-state index is 0.102. The Hall–Kier alpha value is -0.930. The Morgan fingerprint density at radius 1 is 1.47 bits per heavy atom. The number of hydrogen-bond acceptors (Lipinski definition) is 2. The summed E-state index contributed by atoms with van der Waals surface area (Å²) in [6.45, 7) is 5.62. The second-order valence-corrected chi connectivity index (χ2v) is 5.00. The number of halogens is 1. The summed E-state index contributed by atoms with van der Waals surface area (Å²) in [4.78, 5) is 2.39. The molecule has 1 aromatic carbocycles. The zero-order valence-corrected chi connectivity index (χ0v) is 10.5. The maximum atomic E-state index is 13.4. The lowest BCUT2D eigenvalue weighted by Gasteiger charge is -2.32. The Morgan fingerprint density at radius 2 is 2.29 bits per heavy atom. The van der Waals surface area contributed by atoms with Crippen LogP contribution in [0.3, 0.4) is 0 Å². The molecule has 0 radical (unpaired) electrons. The number of piperidine rings is 1. The van der Waals surface area contributed by atoms with Gasteiger partial charge in [-0.15, -0.1) is 0 Å². The third-order valence-electron chi connectivity index (χ3n) is 3.71. The molecule has 1 aliphatic heterocycles. The summed E-state index contributed by atoms with van der Waals surface area (Å²) < 4.78 is 13.4. The van der Waals surface area contributed by atoms with Gasteiger partial charge in [0, 0.05) is 13.1 Å². The molecule has 0 spiro atoms. The fraction of sp³-hybridized carbons (Fsp3) is 0.571. The van der Waals surface area contributed by atoms with Crippen molar-refractivity contribution in [3.63, 3.8) is 0 Å². The van der Waals surface area contributed by atoms with Gasteiger partial charge in [-0.05, 0) is 56.0 Å². The standard InChI is InChI=1S/C14H21FN2/c1-11-13(5-2-6-14(11)15)10-17-7-3-4-12(8-16)9-17/h2,5-6,12H,3-4,7-10,16H2,1H3. The van der Waals surface area contributed by atoms with Gasteiger partial charge in [-0.2, -0.15) is 0 Å². The van der Waals surface area contributed by atoms with E-state index in [4.69, 9.17) is 5.73 Å². The first-order chi connectivity index (χ1) is 8.20. The molecule has 94 valence electrons. The van der Waals surface area contributed by atoms with Crippen LogP contribution in [0.5, 0.6) is 0 Å². The number of hydrogen-bond donors (Lipinski definition) is 1. The van der Waals surface area contributed by atoms with Gasteiger partial charge in [-0.3, -0.25) is 4.90 Å². The fourth-order valence-corrected chi connectivity index (χ4v) is 2.55. The number of rotatable bonds is 3. The number of benzene rings is 1. The van der Waals surface area contributed by atoms with Crippen molar-refractivity contribution >= 4 is 0 Å². The van der Waals surface area contributed by atoms with Crippen molar-refractivity contribution in [3.05, 3.63) is 35.1 Å². The van der Waals surface area contributed by atoms with Crippen molar-refractivity contribution < 1.29 is 4.39 Å². The van der Waals surface area contributed by atoms with Crippen molar-refractivity contribution in [3.8, 4) is 0 Å². The zero-order valence-electron chi connectivity index (χ0n) is 10.5. The molecule has 1 aromatic rings. The second kappa shape index (κ2) is 5.61. The van der Waals surface area contributed by atoms with Crippen molar-refractivity contribution in [2.24, 2.45) is 11.7 Å². The van der Waals surface area contributed by atoms with E-state index in [0.717, 1.165) is 37.3 Å². The Bertz CT molecular complexity index is 378. The van der Waals surface area contributed by atoms with E-state index in [0.29, 0.717) is 5.92 Å². The molecular weight excluding hydrogens is 215 g/mol. The molecule has 0 bridgehead atoms. The first kappa shape index (κ1) is 12.5. The third-order valence-corrected chi connectivity index (χ3v) is 3.71. The van der Waals surface area contributed by atoms with E-state index in [1.54, 1.807) is 6.07 Å². The average Bonchev–Trinajstić information content (AvgIpc) is 2.35. The lowest BCUT2D eigenvalue weighted by molar-refractivity contribution is 0.170. The second-order valence-electron chi connectivity index (χ2n) is 5.00. The van der Waals surface area contributed by atoms with E-state index in [-0.39, 0.29) is 5.82 Å². The molecule has 17 heavy (non-hydrogen) atoms. The Morgan fingerprint density at radius 3 is 3.06 bits per heavy atom. The van der Waals surface area contributed by atoms with Gasteiger partial charge < -0.3 is 5.73 Å². The number of nitrogens with zero attached hydrogens (tertiary/aromatic N) is 1. The monoisotopic (exact) mass is 236 g/mol. The molecule has 3 heteroatoms. The van der Waals surface area contributed by atoms with Crippen LogP contribution >= 0.6 is 0 Å². The smallest absolute Gasteiger partial charge is 0.126 e. The summed E-state index contributed by atoms with van der Waals surface area (Å²) in [6, 6.07) is 5.34. The molecule has 1 atom stereocenters. The summed E-state index contributed by atoms with van der Waals surface area (Å²) in [6.07, 6.45) is 2.44. The Kier molecular flexibility index (Phi) is 4.13. The minimum atomic E-state index is -0.102. The molecule has 1 saturated heterocycles. The topological polar surface area (TPSA) is 29.3 Å². The predicted molar refractivity (Wildman–Crippen MR) is 68.2 cm³/mol. The van der Waals surface area contributed by atoms with E-state index in [9.17, 15) is 4.39 Å². The molecule has 0 aliphatic carbocycles. The Balaban J connectivity index is 2.02. The molecule has 1 heterocycles. The summed E-state index contributed by atoms with van der Waals surface area (Å²) in [5.74, 6) is 0.507. The molecule has 1 aliphatic rings. The highest BCUT2D eigenvalue weighted by Crippen LogP contribution is 2.20. The SMILES string of the molecule is Cc1c(F)cccc1CN1CCCC(CN)C1. The van der Waals surface area contributed by atoms with Gasteiger partial charge in [0.25, 0.3) is 0 Å². The predicted octanol–water partition coefficient (Wildman–Crippen LogP) is 2.30. The van der Waals surface area contributed by atoms with Crippen LogP contribution in [0.2, 0.25) is 0 Å². The summed E-state index contributed by atoms with van der Waals surface area (Å²) >= 11 is 0. The van der Waals surface area contributed by atoms with Gasteiger partial charge in [0.2, 0.25) is 0 Å². The van der Waals surface area contributed by atoms with Crippen LogP contribution in [0.1, 0.15) is 24.0 Å². The zero-order chi connectivity index (χ0) is 12.3. The van der Waals surface area contributed by atoms with Crippen LogP contribution in [0.4, 0.5) is 4.39 Å². The number of nitrogens with two attached hydrogens (primary N) is 1. The molecule has 0 aromatic heterocycles. The quantitative estimate of drug-likeness (QED) is 0.872. The summed E-state index contributed by atoms with van der Waals surface area (Å²) in [5, 5.41) is 0. The van der Waals surface area contributed by atoms with Gasteiger partial charge in [0.15, 0.2) is 0 Å². The van der Waals surface area contributed by atoms with Gasteiger partial charge in [-0.25, -0.2) is 4.39 Å². The molecule has 2 nitrogen and oxygen atoms in total. The highest BCUT2D eigenvalue weighted by molar-refractivity contribution is 5.27. The van der Waals surface area contributed by atoms with E-state index < -0.39 is 0 Å². The first-order valence-electron chi connectivity index (χ1n) is 6.37. The van der Waals surface area contributed by atoms with Crippen molar-refractivity contribution in [2.75, 3.05) is 19.6 Å². The van der Waals surface area contributed by atoms with Gasteiger partial charge in [0.1, 0.15) is 5.82 Å². The summed E-state index contributed by atoms with van der Waals surface area (Å²) in [7, 11) is 0. The van der Waals surface area contributed by atoms with E-state index in [2.05, 4.69) is 4.90 Å². The molecule has 2 N–H and O–H groups in total. The molecule has 1 fully saturated rings. The van der Waals surface area contributed by atoms with Gasteiger partial charge in [-0.1, -0.05) is 12.1 Å². The maximum Gasteiger partial charge on any atom is 0.126 e. The summed E-state index contributed by atoms with van der Waals surface area (Å²) in [5.41, 5.74) is 7.61. The van der Waals surface area contributed by atoms with Gasteiger partial charge >= 0.3 is 0 Å². The Labute approximate surface area is 103 Å². The number of likely N-dealkylation sites (tertiary alicyclic amines) is 1. The minimum Gasteiger partial charge on any atom is -0.330 e. The molecule has 0 amide bonds. The van der Waals surface area contributed by atoms with Crippen molar-refractivity contribution in [1.82, 2.24) is 4.90 Å². The molecular formula is C14H21FN2. The highest BCUT2D eigenvalue weighted by atomic mass is 19.1. The molecule has 2 rings (SSSR count). The van der Waals surface area contributed by atoms with Crippen LogP contribution in [0.25, 0.3) is 0 Å². The fourth-order valence-electron chi connectivity index (χ4n) is 2.55. The van der Waals surface area contributed by atoms with Crippen LogP contribution in [-0.2, 0) is 6.54 Å². The maximum absolute atomic E-state index is 13.4. The third kappa shape index (κ3) is 3.05. The van der Waals surface area contributed by atoms with E-state index in [1.165, 1.54) is 18.9 Å². The largest absolute Gasteiger partial charge is 0.330 e. The highest BCUT2D eigenvalue weighted by Gasteiger charge is 2.19. The van der Waals surface area contributed by atoms with Crippen LogP contribution in [0, 0.1) is 18.7 Å². The van der Waals surface area contributed by atoms with E-state index in [1.807, 2.05) is 13.0 Å². The normalized spacial score (nSPS) is 21.7. The molecule has 0 saturated carbocycles. The van der Waals surface area contributed by atoms with Crippen molar-refractivity contribution in [2.45, 2.75) is 26.3 Å². The average molecular weight is 236 g/mol. The first-order valence-corrected chi connectivity index (χ1v) is 6.37. The van der Waals surface area contributed by atoms with Crippen LogP contribution < -0.4 is 5.73 Å². The van der Waals surface area contributed by atoms with Gasteiger partial charge in [0.05, 0.1) is 0 Å². The van der Waals surface area contributed by atoms with E-state index >= 15 is 0 Å². The van der Waals surface area contributed by atoms with Crippen LogP contribution in [-0.4, -0.2) is 24.5 Å². The molecule has 1 unspecified atom stereocenters. The van der Waals surface area contributed by atoms with Crippen LogP contribution in [0.15, 0.2) is 18.2 Å². The lowest BCUT2D eigenvalue weighted by atomic mass is 9.97.